The van der Waals surface area contributed by atoms with Crippen molar-refractivity contribution in [2.45, 2.75) is 6.92 Å². The van der Waals surface area contributed by atoms with E-state index in [-0.39, 0.29) is 27.5 Å². The Morgan fingerprint density at radius 1 is 1.60 bits per heavy atom. The van der Waals surface area contributed by atoms with Crippen LogP contribution in [0.4, 0.5) is 5.69 Å². The van der Waals surface area contributed by atoms with Gasteiger partial charge in [0.05, 0.1) is 11.0 Å². The molecular formula is C11H8N4O4S. The van der Waals surface area contributed by atoms with E-state index in [1.165, 1.54) is 12.1 Å². The maximum Gasteiger partial charge on any atom is 0.340 e. The Balaban J connectivity index is 2.63. The summed E-state index contributed by atoms with van der Waals surface area (Å²) < 4.78 is 0.491. The number of carbonyl (C=O) groups is 1. The molecule has 1 N–H and O–H groups in total. The van der Waals surface area contributed by atoms with Gasteiger partial charge in [0.25, 0.3) is 5.69 Å². The second kappa shape index (κ2) is 5.10. The molecule has 102 valence electrons. The number of fused-ring (bicyclic) bond motifs is 1. The van der Waals surface area contributed by atoms with Gasteiger partial charge in [-0.1, -0.05) is 0 Å². The van der Waals surface area contributed by atoms with Gasteiger partial charge in [0.15, 0.2) is 4.70 Å². The molecule has 0 radical (unpaired) electrons. The van der Waals surface area contributed by atoms with Crippen LogP contribution in [-0.2, 0) is 0 Å². The van der Waals surface area contributed by atoms with Crippen LogP contribution in [0.3, 0.4) is 0 Å². The molecule has 0 bridgehead atoms. The second-order valence-corrected chi connectivity index (χ2v) is 4.93. The van der Waals surface area contributed by atoms with Crippen molar-refractivity contribution in [1.82, 2.24) is 5.32 Å². The zero-order valence-electron chi connectivity index (χ0n) is 10.2. The third-order valence-electron chi connectivity index (χ3n) is 2.51. The Labute approximate surface area is 116 Å². The molecule has 0 saturated carbocycles. The highest BCUT2D eigenvalue weighted by molar-refractivity contribution is 7.20. The normalized spacial score (nSPS) is 10.2. The molecule has 2 aromatic rings. The third kappa shape index (κ3) is 2.24. The summed E-state index contributed by atoms with van der Waals surface area (Å²) in [6.07, 6.45) is 0. The molecule has 1 amide bonds. The number of hydrogen-bond donors (Lipinski definition) is 1. The van der Waals surface area contributed by atoms with Crippen LogP contribution in [-0.4, -0.2) is 17.4 Å². The van der Waals surface area contributed by atoms with Gasteiger partial charge < -0.3 is 10.5 Å². The highest BCUT2D eigenvalue weighted by Gasteiger charge is 2.28. The number of nitrogens with one attached hydrogen (secondary N) is 1. The predicted octanol–water partition coefficient (Wildman–Crippen LogP) is 1.00. The van der Waals surface area contributed by atoms with Crippen LogP contribution in [0.2, 0.25) is 0 Å². The Morgan fingerprint density at radius 2 is 2.30 bits per heavy atom. The van der Waals surface area contributed by atoms with E-state index in [0.717, 1.165) is 11.3 Å². The number of rotatable bonds is 3. The van der Waals surface area contributed by atoms with Crippen LogP contribution in [0.25, 0.3) is 10.2 Å². The van der Waals surface area contributed by atoms with Crippen LogP contribution in [0.1, 0.15) is 15.4 Å². The summed E-state index contributed by atoms with van der Waals surface area (Å²) in [6, 6.07) is 4.54. The molecule has 0 saturated heterocycles. The van der Waals surface area contributed by atoms with E-state index in [1.807, 2.05) is 0 Å². The van der Waals surface area contributed by atoms with Gasteiger partial charge in [0, 0.05) is 12.1 Å². The zero-order valence-corrected chi connectivity index (χ0v) is 11.1. The summed E-state index contributed by atoms with van der Waals surface area (Å²) in [6.45, 7) is 1.38. The number of nitro benzene ring substituents is 1. The lowest BCUT2D eigenvalue weighted by Crippen LogP contribution is -2.37. The molecule has 8 nitrogen and oxygen atoms in total. The maximum atomic E-state index is 12.0. The number of aryl methyl sites for hydroxylation is 1. The molecule has 1 heterocycles. The lowest BCUT2D eigenvalue weighted by molar-refractivity contribution is -0.574. The molecule has 20 heavy (non-hydrogen) atoms. The van der Waals surface area contributed by atoms with Crippen LogP contribution in [0, 0.1) is 33.6 Å². The summed E-state index contributed by atoms with van der Waals surface area (Å²) >= 11 is 0.733. The smallest absolute Gasteiger partial charge is 0.340 e. The number of thiazole rings is 1. The Morgan fingerprint density at radius 3 is 2.90 bits per heavy atom. The predicted molar refractivity (Wildman–Crippen MR) is 70.1 cm³/mol. The topological polar surface area (TPSA) is 123 Å². The Kier molecular flexibility index (Phi) is 3.49. The largest absolute Gasteiger partial charge is 0.617 e. The Bertz CT molecular complexity index is 762. The molecule has 0 aliphatic rings. The number of nitrogens with zero attached hydrogens (tertiary/aromatic N) is 3. The molecule has 0 unspecified atom stereocenters. The summed E-state index contributed by atoms with van der Waals surface area (Å²) in [4.78, 5) is 22.1. The number of non-ortho nitro benzene ring substituents is 1. The fourth-order valence-electron chi connectivity index (χ4n) is 1.71. The van der Waals surface area contributed by atoms with Crippen molar-refractivity contribution in [3.05, 3.63) is 38.0 Å². The monoisotopic (exact) mass is 292 g/mol. The minimum atomic E-state index is -0.727. The van der Waals surface area contributed by atoms with Gasteiger partial charge in [0.2, 0.25) is 5.52 Å². The van der Waals surface area contributed by atoms with Gasteiger partial charge in [0.1, 0.15) is 6.54 Å². The van der Waals surface area contributed by atoms with E-state index in [1.54, 1.807) is 13.0 Å². The van der Waals surface area contributed by atoms with Gasteiger partial charge in [-0.05, 0) is 23.8 Å². The van der Waals surface area contributed by atoms with Crippen molar-refractivity contribution in [2.24, 2.45) is 0 Å². The van der Waals surface area contributed by atoms with Crippen molar-refractivity contribution >= 4 is 33.1 Å². The average Bonchev–Trinajstić information content (AvgIpc) is 2.72. The van der Waals surface area contributed by atoms with E-state index < -0.39 is 10.8 Å². The van der Waals surface area contributed by atoms with Crippen LogP contribution in [0.15, 0.2) is 12.1 Å². The Hall–Kier alpha value is -2.73. The molecule has 0 atom stereocenters. The fourth-order valence-corrected chi connectivity index (χ4v) is 2.73. The first-order valence-corrected chi connectivity index (χ1v) is 6.23. The highest BCUT2D eigenvalue weighted by Crippen LogP contribution is 2.31. The van der Waals surface area contributed by atoms with Gasteiger partial charge in [-0.3, -0.25) is 14.9 Å². The van der Waals surface area contributed by atoms with E-state index in [4.69, 9.17) is 5.26 Å². The number of hydrogen-bond acceptors (Lipinski definition) is 6. The zero-order chi connectivity index (χ0) is 14.9. The lowest BCUT2D eigenvalue weighted by Gasteiger charge is -1.98. The van der Waals surface area contributed by atoms with Crippen molar-refractivity contribution < 1.29 is 14.4 Å². The quantitative estimate of drug-likeness (QED) is 0.297. The highest BCUT2D eigenvalue weighted by atomic mass is 32.1. The van der Waals surface area contributed by atoms with E-state index in [0.29, 0.717) is 10.3 Å². The summed E-state index contributed by atoms with van der Waals surface area (Å²) in [5.74, 6) is -0.727. The number of nitriles is 1. The van der Waals surface area contributed by atoms with E-state index in [9.17, 15) is 20.1 Å². The maximum absolute atomic E-state index is 12.0. The molecule has 0 aliphatic heterocycles. The summed E-state index contributed by atoms with van der Waals surface area (Å²) in [7, 11) is 0. The van der Waals surface area contributed by atoms with Crippen LogP contribution in [0.5, 0.6) is 0 Å². The van der Waals surface area contributed by atoms with E-state index >= 15 is 0 Å². The molecular weight excluding hydrogens is 284 g/mol. The minimum Gasteiger partial charge on any atom is -0.617 e. The fraction of sp³-hybridized carbons (Fsp3) is 0.182. The SMILES string of the molecule is Cc1cc([N+](=O)[O-])c2sc(C(=O)NCC#N)[n+]([O-])c2c1. The molecule has 1 aromatic heterocycles. The van der Waals surface area contributed by atoms with Gasteiger partial charge in [-0.25, -0.2) is 0 Å². The standard InChI is InChI=1S/C11H8N4O4S/c1-6-4-7-9(8(5-6)15(18)19)20-11(14(7)17)10(16)13-3-2-12/h4-5H,3H2,1H3,(H,13,16). The number of benzene rings is 1. The number of carbonyl (C=O) groups excluding carboxylic acids is 1. The third-order valence-corrected chi connectivity index (χ3v) is 3.68. The molecule has 0 fully saturated rings. The van der Waals surface area contributed by atoms with Gasteiger partial charge in [-0.15, -0.1) is 4.73 Å². The molecule has 2 rings (SSSR count). The molecule has 0 spiro atoms. The first-order valence-electron chi connectivity index (χ1n) is 5.42. The van der Waals surface area contributed by atoms with Crippen molar-refractivity contribution in [3.63, 3.8) is 0 Å². The minimum absolute atomic E-state index is 0.0730. The number of aromatic nitrogens is 1. The number of nitro groups is 1. The first-order chi connectivity index (χ1) is 9.45. The van der Waals surface area contributed by atoms with Crippen LogP contribution < -0.4 is 10.0 Å². The van der Waals surface area contributed by atoms with Crippen molar-refractivity contribution in [1.29, 1.82) is 5.26 Å². The van der Waals surface area contributed by atoms with Crippen LogP contribution >= 0.6 is 11.3 Å². The van der Waals surface area contributed by atoms with Crippen molar-refractivity contribution in [2.75, 3.05) is 6.54 Å². The molecule has 0 aliphatic carbocycles. The lowest BCUT2D eigenvalue weighted by atomic mass is 10.2. The second-order valence-electron chi connectivity index (χ2n) is 3.93. The average molecular weight is 292 g/mol. The van der Waals surface area contributed by atoms with Crippen molar-refractivity contribution in [3.8, 4) is 6.07 Å². The molecule has 1 aromatic carbocycles. The summed E-state index contributed by atoms with van der Waals surface area (Å²) in [5, 5.41) is 33.4. The van der Waals surface area contributed by atoms with E-state index in [2.05, 4.69) is 5.32 Å². The first kappa shape index (κ1) is 13.7. The number of amides is 1. The van der Waals surface area contributed by atoms with Gasteiger partial charge >= 0.3 is 10.9 Å². The summed E-state index contributed by atoms with van der Waals surface area (Å²) in [5.41, 5.74) is 0.410. The van der Waals surface area contributed by atoms with Gasteiger partial charge in [-0.2, -0.15) is 5.26 Å². The molecule has 9 heteroatoms.